The van der Waals surface area contributed by atoms with Gasteiger partial charge in [-0.2, -0.15) is 0 Å². The van der Waals surface area contributed by atoms with Gasteiger partial charge >= 0.3 is 0 Å². The standard InChI is InChI=1S/C28H36F2O2/c1-2-4-21-18-31-28(32-19-21)24-12-10-22(11-13-24)25-14-15-26(27(30)17-25)23-8-6-20(7-9-23)5-3-16-29/h6-9,14-15,17,21-22,24,28H,2-5,10-13,16,18-19H2,1H3. The second-order valence-electron chi connectivity index (χ2n) is 9.53. The van der Waals surface area contributed by atoms with Gasteiger partial charge in [-0.3, -0.25) is 4.39 Å². The van der Waals surface area contributed by atoms with E-state index in [9.17, 15) is 8.78 Å². The van der Waals surface area contributed by atoms with E-state index >= 15 is 0 Å². The molecule has 2 aliphatic rings. The zero-order valence-corrected chi connectivity index (χ0v) is 19.2. The van der Waals surface area contributed by atoms with Crippen LogP contribution < -0.4 is 0 Å². The first-order valence-electron chi connectivity index (χ1n) is 12.4. The summed E-state index contributed by atoms with van der Waals surface area (Å²) < 4.78 is 39.4. The topological polar surface area (TPSA) is 18.5 Å². The van der Waals surface area contributed by atoms with Crippen molar-refractivity contribution in [2.45, 2.75) is 70.5 Å². The highest BCUT2D eigenvalue weighted by Gasteiger charge is 2.32. The monoisotopic (exact) mass is 442 g/mol. The maximum absolute atomic E-state index is 15.0. The maximum Gasteiger partial charge on any atom is 0.160 e. The molecule has 2 aromatic carbocycles. The van der Waals surface area contributed by atoms with Gasteiger partial charge in [0.25, 0.3) is 0 Å². The third-order valence-electron chi connectivity index (χ3n) is 7.17. The zero-order valence-electron chi connectivity index (χ0n) is 19.2. The Morgan fingerprint density at radius 2 is 1.66 bits per heavy atom. The third-order valence-corrected chi connectivity index (χ3v) is 7.17. The van der Waals surface area contributed by atoms with Gasteiger partial charge in [0.1, 0.15) is 5.82 Å². The molecule has 0 bridgehead atoms. The summed E-state index contributed by atoms with van der Waals surface area (Å²) in [5, 5.41) is 0. The van der Waals surface area contributed by atoms with Gasteiger partial charge in [-0.25, -0.2) is 4.39 Å². The molecule has 1 saturated carbocycles. The highest BCUT2D eigenvalue weighted by atomic mass is 19.1. The maximum atomic E-state index is 15.0. The van der Waals surface area contributed by atoms with E-state index in [1.165, 1.54) is 12.8 Å². The number of hydrogen-bond donors (Lipinski definition) is 0. The van der Waals surface area contributed by atoms with Crippen molar-refractivity contribution in [1.29, 1.82) is 0 Å². The smallest absolute Gasteiger partial charge is 0.160 e. The first kappa shape index (κ1) is 23.4. The Hall–Kier alpha value is -1.78. The van der Waals surface area contributed by atoms with Crippen LogP contribution in [-0.4, -0.2) is 26.2 Å². The van der Waals surface area contributed by atoms with Crippen molar-refractivity contribution in [3.63, 3.8) is 0 Å². The molecule has 0 spiro atoms. The molecule has 174 valence electrons. The van der Waals surface area contributed by atoms with Crippen LogP contribution >= 0.6 is 0 Å². The van der Waals surface area contributed by atoms with E-state index in [-0.39, 0.29) is 18.8 Å². The van der Waals surface area contributed by atoms with Gasteiger partial charge < -0.3 is 9.47 Å². The summed E-state index contributed by atoms with van der Waals surface area (Å²) in [5.74, 6) is 1.23. The van der Waals surface area contributed by atoms with Crippen LogP contribution in [0.2, 0.25) is 0 Å². The van der Waals surface area contributed by atoms with E-state index in [4.69, 9.17) is 9.47 Å². The van der Waals surface area contributed by atoms with Gasteiger partial charge in [0, 0.05) is 17.4 Å². The predicted molar refractivity (Wildman–Crippen MR) is 125 cm³/mol. The van der Waals surface area contributed by atoms with Crippen LogP contribution in [0.25, 0.3) is 11.1 Å². The quantitative estimate of drug-likeness (QED) is 0.422. The molecule has 0 amide bonds. The van der Waals surface area contributed by atoms with Crippen LogP contribution in [0, 0.1) is 17.7 Å². The Bertz CT molecular complexity index is 835. The molecule has 0 atom stereocenters. The lowest BCUT2D eigenvalue weighted by Gasteiger charge is -2.37. The summed E-state index contributed by atoms with van der Waals surface area (Å²) in [4.78, 5) is 0. The first-order chi connectivity index (χ1) is 15.7. The fourth-order valence-electron chi connectivity index (χ4n) is 5.27. The van der Waals surface area contributed by atoms with Crippen molar-refractivity contribution >= 4 is 0 Å². The number of alkyl halides is 1. The number of aryl methyl sites for hydroxylation is 1. The van der Waals surface area contributed by atoms with E-state index in [0.29, 0.717) is 29.7 Å². The minimum atomic E-state index is -0.306. The van der Waals surface area contributed by atoms with Gasteiger partial charge in [-0.05, 0) is 73.6 Å². The number of hydrogen-bond acceptors (Lipinski definition) is 2. The minimum Gasteiger partial charge on any atom is -0.352 e. The summed E-state index contributed by atoms with van der Waals surface area (Å²) >= 11 is 0. The molecule has 0 unspecified atom stereocenters. The zero-order chi connectivity index (χ0) is 22.3. The molecule has 0 N–H and O–H groups in total. The lowest BCUT2D eigenvalue weighted by atomic mass is 9.78. The Kier molecular flexibility index (Phi) is 8.31. The van der Waals surface area contributed by atoms with Gasteiger partial charge in [-0.15, -0.1) is 0 Å². The Morgan fingerprint density at radius 1 is 0.938 bits per heavy atom. The van der Waals surface area contributed by atoms with E-state index < -0.39 is 0 Å². The minimum absolute atomic E-state index is 0.0592. The molecule has 4 heteroatoms. The molecule has 2 aromatic rings. The largest absolute Gasteiger partial charge is 0.352 e. The fraction of sp³-hybridized carbons (Fsp3) is 0.571. The van der Waals surface area contributed by atoms with Crippen LogP contribution in [0.3, 0.4) is 0 Å². The third kappa shape index (κ3) is 5.77. The van der Waals surface area contributed by atoms with Crippen molar-refractivity contribution < 1.29 is 18.3 Å². The van der Waals surface area contributed by atoms with E-state index in [1.54, 1.807) is 6.07 Å². The van der Waals surface area contributed by atoms with Gasteiger partial charge in [0.05, 0.1) is 19.9 Å². The second-order valence-corrected chi connectivity index (χ2v) is 9.53. The molecule has 1 saturated heterocycles. The molecule has 4 rings (SSSR count). The second kappa shape index (κ2) is 11.4. The van der Waals surface area contributed by atoms with Crippen molar-refractivity contribution in [2.75, 3.05) is 19.9 Å². The summed E-state index contributed by atoms with van der Waals surface area (Å²) in [6.07, 6.45) is 7.77. The molecule has 1 aliphatic heterocycles. The Balaban J connectivity index is 1.32. The molecule has 0 aromatic heterocycles. The summed E-state index contributed by atoms with van der Waals surface area (Å²) in [5.41, 5.74) is 3.68. The lowest BCUT2D eigenvalue weighted by Crippen LogP contribution is -2.38. The van der Waals surface area contributed by atoms with Crippen LogP contribution in [-0.2, 0) is 15.9 Å². The average molecular weight is 443 g/mol. The molecule has 1 heterocycles. The summed E-state index contributed by atoms with van der Waals surface area (Å²) in [6, 6.07) is 13.5. The van der Waals surface area contributed by atoms with Crippen molar-refractivity contribution in [1.82, 2.24) is 0 Å². The van der Waals surface area contributed by atoms with Crippen molar-refractivity contribution in [3.8, 4) is 11.1 Å². The molecule has 32 heavy (non-hydrogen) atoms. The van der Waals surface area contributed by atoms with Crippen molar-refractivity contribution in [3.05, 3.63) is 59.4 Å². The van der Waals surface area contributed by atoms with Gasteiger partial charge in [-0.1, -0.05) is 49.7 Å². The van der Waals surface area contributed by atoms with Gasteiger partial charge in [0.2, 0.25) is 0 Å². The number of rotatable bonds is 8. The SMILES string of the molecule is CCCC1COC(C2CCC(c3ccc(-c4ccc(CCCF)cc4)c(F)c3)CC2)OC1. The lowest BCUT2D eigenvalue weighted by molar-refractivity contribution is -0.229. The van der Waals surface area contributed by atoms with E-state index in [2.05, 4.69) is 13.0 Å². The van der Waals surface area contributed by atoms with Crippen molar-refractivity contribution in [2.24, 2.45) is 11.8 Å². The molecule has 0 radical (unpaired) electrons. The van der Waals surface area contributed by atoms with Crippen LogP contribution in [0.15, 0.2) is 42.5 Å². The van der Waals surface area contributed by atoms with Crippen LogP contribution in [0.4, 0.5) is 8.78 Å². The highest BCUT2D eigenvalue weighted by molar-refractivity contribution is 5.65. The van der Waals surface area contributed by atoms with E-state index in [0.717, 1.165) is 62.0 Å². The van der Waals surface area contributed by atoms with Crippen LogP contribution in [0.1, 0.15) is 68.9 Å². The fourth-order valence-corrected chi connectivity index (χ4v) is 5.27. The predicted octanol–water partition coefficient (Wildman–Crippen LogP) is 7.46. The molecule has 1 aliphatic carbocycles. The first-order valence-corrected chi connectivity index (χ1v) is 12.4. The highest BCUT2D eigenvalue weighted by Crippen LogP contribution is 2.40. The summed E-state index contributed by atoms with van der Waals surface area (Å²) in [7, 11) is 0. The van der Waals surface area contributed by atoms with Gasteiger partial charge in [0.15, 0.2) is 6.29 Å². The number of benzene rings is 2. The Labute approximate surface area is 191 Å². The average Bonchev–Trinajstić information content (AvgIpc) is 2.84. The van der Waals surface area contributed by atoms with E-state index in [1.807, 2.05) is 30.3 Å². The molecular weight excluding hydrogens is 406 g/mol. The number of halogens is 2. The van der Waals surface area contributed by atoms with Crippen LogP contribution in [0.5, 0.6) is 0 Å². The molecular formula is C28H36F2O2. The summed E-state index contributed by atoms with van der Waals surface area (Å²) in [6.45, 7) is 3.54. The normalized spacial score (nSPS) is 26.2. The molecule has 2 nitrogen and oxygen atoms in total. The number of ether oxygens (including phenoxy) is 2. The Morgan fingerprint density at radius 3 is 2.28 bits per heavy atom. The molecule has 2 fully saturated rings.